The summed E-state index contributed by atoms with van der Waals surface area (Å²) in [5.41, 5.74) is 8.01. The van der Waals surface area contributed by atoms with Crippen LogP contribution in [0.25, 0.3) is 0 Å². The number of ether oxygens (including phenoxy) is 1. The van der Waals surface area contributed by atoms with Gasteiger partial charge in [-0.2, -0.15) is 0 Å². The first-order valence-corrected chi connectivity index (χ1v) is 12.6. The van der Waals surface area contributed by atoms with E-state index in [9.17, 15) is 4.79 Å². The minimum Gasteiger partial charge on any atom is -0.444 e. The molecule has 4 rings (SSSR count). The van der Waals surface area contributed by atoms with E-state index in [0.29, 0.717) is 18.9 Å². The maximum absolute atomic E-state index is 15.2. The fourth-order valence-electron chi connectivity index (χ4n) is 4.33. The lowest BCUT2D eigenvalue weighted by Crippen LogP contribution is -2.56. The third-order valence-corrected chi connectivity index (χ3v) is 6.16. The van der Waals surface area contributed by atoms with Gasteiger partial charge < -0.3 is 25.6 Å². The third kappa shape index (κ3) is 6.87. The van der Waals surface area contributed by atoms with Gasteiger partial charge in [0.1, 0.15) is 17.6 Å². The van der Waals surface area contributed by atoms with E-state index in [1.165, 1.54) is 6.33 Å². The van der Waals surface area contributed by atoms with E-state index in [2.05, 4.69) is 15.3 Å². The Morgan fingerprint density at radius 2 is 1.66 bits per heavy atom. The molecule has 8 nitrogen and oxygen atoms in total. The molecule has 3 aromatic rings. The topological polar surface area (TPSA) is 96.6 Å². The van der Waals surface area contributed by atoms with E-state index in [4.69, 9.17) is 10.5 Å². The number of rotatable bonds is 7. The van der Waals surface area contributed by atoms with Crippen LogP contribution in [-0.2, 0) is 17.8 Å². The Morgan fingerprint density at radius 3 is 2.18 bits per heavy atom. The summed E-state index contributed by atoms with van der Waals surface area (Å²) < 4.78 is 35.6. The van der Waals surface area contributed by atoms with Gasteiger partial charge in [-0.1, -0.05) is 60.7 Å². The number of anilines is 3. The minimum absolute atomic E-state index is 0.00274. The smallest absolute Gasteiger partial charge is 0.410 e. The largest absolute Gasteiger partial charge is 0.444 e. The van der Waals surface area contributed by atoms with E-state index in [1.807, 2.05) is 65.6 Å². The van der Waals surface area contributed by atoms with Crippen LogP contribution in [-0.4, -0.2) is 51.6 Å². The Balaban J connectivity index is 1.54. The van der Waals surface area contributed by atoms with E-state index in [1.54, 1.807) is 20.8 Å². The predicted octanol–water partition coefficient (Wildman–Crippen LogP) is 5.32. The normalized spacial score (nSPS) is 17.1. The molecule has 2 aromatic carbocycles. The van der Waals surface area contributed by atoms with E-state index >= 15 is 8.78 Å². The number of nitrogens with two attached hydrogens (primary N) is 1. The molecular weight excluding hydrogens is 490 g/mol. The van der Waals surface area contributed by atoms with Gasteiger partial charge in [0.15, 0.2) is 11.6 Å². The number of aromatic nitrogens is 2. The van der Waals surface area contributed by atoms with Crippen molar-refractivity contribution < 1.29 is 18.3 Å². The van der Waals surface area contributed by atoms with Gasteiger partial charge in [0, 0.05) is 19.6 Å². The van der Waals surface area contributed by atoms with Crippen LogP contribution in [0.2, 0.25) is 0 Å². The molecule has 3 N–H and O–H groups in total. The Morgan fingerprint density at radius 1 is 1.08 bits per heavy atom. The molecule has 1 aliphatic rings. The lowest BCUT2D eigenvalue weighted by molar-refractivity contribution is -0.0770. The van der Waals surface area contributed by atoms with Crippen molar-refractivity contribution in [3.05, 3.63) is 78.1 Å². The van der Waals surface area contributed by atoms with Crippen molar-refractivity contribution in [1.82, 2.24) is 14.9 Å². The van der Waals surface area contributed by atoms with Crippen LogP contribution in [0, 0.1) is 0 Å². The van der Waals surface area contributed by atoms with Gasteiger partial charge >= 0.3 is 6.09 Å². The van der Waals surface area contributed by atoms with Crippen molar-refractivity contribution in [2.75, 3.05) is 29.0 Å². The minimum atomic E-state index is -3.22. The number of amides is 1. The molecule has 1 aliphatic heterocycles. The molecule has 38 heavy (non-hydrogen) atoms. The van der Waals surface area contributed by atoms with Crippen LogP contribution in [0.4, 0.5) is 30.9 Å². The first kappa shape index (κ1) is 27.1. The Labute approximate surface area is 221 Å². The van der Waals surface area contributed by atoms with Crippen LogP contribution < -0.4 is 16.0 Å². The number of hydrogen-bond acceptors (Lipinski definition) is 7. The summed E-state index contributed by atoms with van der Waals surface area (Å²) in [5.74, 6) is -2.64. The molecule has 0 radical (unpaired) electrons. The number of piperidine rings is 1. The Hall–Kier alpha value is -3.95. The molecule has 1 saturated heterocycles. The molecule has 1 aromatic heterocycles. The van der Waals surface area contributed by atoms with Gasteiger partial charge in [-0.25, -0.2) is 23.5 Å². The molecule has 0 saturated carbocycles. The van der Waals surface area contributed by atoms with Crippen molar-refractivity contribution in [3.8, 4) is 0 Å². The summed E-state index contributed by atoms with van der Waals surface area (Å²) in [6, 6.07) is 18.5. The number of nitrogen functional groups attached to an aromatic ring is 1. The number of nitrogens with one attached hydrogen (secondary N) is 1. The number of benzene rings is 2. The first-order chi connectivity index (χ1) is 18.0. The highest BCUT2D eigenvalue weighted by Gasteiger charge is 2.47. The number of halogens is 2. The van der Waals surface area contributed by atoms with Crippen molar-refractivity contribution in [2.45, 2.75) is 57.8 Å². The van der Waals surface area contributed by atoms with E-state index in [-0.39, 0.29) is 24.5 Å². The molecule has 0 unspecified atom stereocenters. The van der Waals surface area contributed by atoms with Gasteiger partial charge in [0.2, 0.25) is 0 Å². The lowest BCUT2D eigenvalue weighted by Gasteiger charge is -2.39. The van der Waals surface area contributed by atoms with Crippen molar-refractivity contribution in [2.24, 2.45) is 0 Å². The number of carbonyl (C=O) groups excluding carboxylic acids is 1. The number of nitrogens with zero attached hydrogens (tertiary/aromatic N) is 4. The molecular formula is C28H34F2N6O2. The van der Waals surface area contributed by atoms with Gasteiger partial charge in [-0.05, 0) is 38.3 Å². The highest BCUT2D eigenvalue weighted by molar-refractivity contribution is 5.75. The average Bonchev–Trinajstić information content (AvgIpc) is 2.86. The standard InChI is InChI=1S/C28H34F2N6O2/c1-27(2,3)38-26(37)35-15-14-22(28(29,30)18-35)34-24-23(31)25(33-19-32-24)36(16-20-10-6-4-7-11-20)17-21-12-8-5-9-13-21/h4-13,19,22H,14-18,31H2,1-3H3,(H,32,33,34)/t22-/m0/s1. The molecule has 0 aliphatic carbocycles. The molecule has 202 valence electrons. The zero-order valence-corrected chi connectivity index (χ0v) is 21.9. The number of alkyl halides is 2. The fraction of sp³-hybridized carbons (Fsp3) is 0.393. The van der Waals surface area contributed by atoms with Crippen LogP contribution >= 0.6 is 0 Å². The quantitative estimate of drug-likeness (QED) is 0.432. The summed E-state index contributed by atoms with van der Waals surface area (Å²) in [4.78, 5) is 24.0. The Bertz CT molecular complexity index is 1180. The monoisotopic (exact) mass is 524 g/mol. The first-order valence-electron chi connectivity index (χ1n) is 12.6. The highest BCUT2D eigenvalue weighted by atomic mass is 19.3. The second-order valence-corrected chi connectivity index (χ2v) is 10.4. The molecule has 10 heteroatoms. The molecule has 1 atom stereocenters. The Kier molecular flexibility index (Phi) is 7.99. The lowest BCUT2D eigenvalue weighted by atomic mass is 10.0. The van der Waals surface area contributed by atoms with Crippen LogP contribution in [0.1, 0.15) is 38.3 Å². The molecule has 0 bridgehead atoms. The second-order valence-electron chi connectivity index (χ2n) is 10.4. The summed E-state index contributed by atoms with van der Waals surface area (Å²) >= 11 is 0. The van der Waals surface area contributed by atoms with Crippen LogP contribution in [0.5, 0.6) is 0 Å². The van der Waals surface area contributed by atoms with Crippen molar-refractivity contribution in [3.63, 3.8) is 0 Å². The summed E-state index contributed by atoms with van der Waals surface area (Å²) in [6.07, 6.45) is 0.574. The van der Waals surface area contributed by atoms with E-state index in [0.717, 1.165) is 16.0 Å². The van der Waals surface area contributed by atoms with Crippen LogP contribution in [0.3, 0.4) is 0 Å². The fourth-order valence-corrected chi connectivity index (χ4v) is 4.33. The summed E-state index contributed by atoms with van der Waals surface area (Å²) in [6.45, 7) is 5.49. The number of carbonyl (C=O) groups is 1. The number of hydrogen-bond donors (Lipinski definition) is 2. The maximum atomic E-state index is 15.2. The molecule has 0 spiro atoms. The van der Waals surface area contributed by atoms with Crippen molar-refractivity contribution in [1.29, 1.82) is 0 Å². The molecule has 1 amide bonds. The third-order valence-electron chi connectivity index (χ3n) is 6.16. The van der Waals surface area contributed by atoms with Gasteiger partial charge in [0.05, 0.1) is 12.6 Å². The van der Waals surface area contributed by atoms with Crippen molar-refractivity contribution >= 4 is 23.4 Å². The molecule has 1 fully saturated rings. The average molecular weight is 525 g/mol. The zero-order chi connectivity index (χ0) is 27.3. The zero-order valence-electron chi connectivity index (χ0n) is 21.9. The summed E-state index contributed by atoms with van der Waals surface area (Å²) in [5, 5.41) is 2.84. The van der Waals surface area contributed by atoms with Gasteiger partial charge in [0.25, 0.3) is 5.92 Å². The van der Waals surface area contributed by atoms with Gasteiger partial charge in [-0.15, -0.1) is 0 Å². The maximum Gasteiger partial charge on any atom is 0.410 e. The van der Waals surface area contributed by atoms with Crippen LogP contribution in [0.15, 0.2) is 67.0 Å². The predicted molar refractivity (Wildman–Crippen MR) is 144 cm³/mol. The highest BCUT2D eigenvalue weighted by Crippen LogP contribution is 2.34. The van der Waals surface area contributed by atoms with Gasteiger partial charge in [-0.3, -0.25) is 0 Å². The van der Waals surface area contributed by atoms with E-state index < -0.39 is 30.2 Å². The SMILES string of the molecule is CC(C)(C)OC(=O)N1CC[C@H](Nc2ncnc(N(Cc3ccccc3)Cc3ccccc3)c2N)C(F)(F)C1. The summed E-state index contributed by atoms with van der Waals surface area (Å²) in [7, 11) is 0. The number of likely N-dealkylation sites (tertiary alicyclic amines) is 1. The second kappa shape index (κ2) is 11.2. The molecule has 2 heterocycles.